The van der Waals surface area contributed by atoms with E-state index in [2.05, 4.69) is 64.7 Å². The van der Waals surface area contributed by atoms with E-state index in [1.807, 2.05) is 0 Å². The van der Waals surface area contributed by atoms with E-state index in [4.69, 9.17) is 9.84 Å². The van der Waals surface area contributed by atoms with Crippen molar-refractivity contribution in [3.8, 4) is 5.75 Å². The Morgan fingerprint density at radius 1 is 1.06 bits per heavy atom. The zero-order valence-corrected chi connectivity index (χ0v) is 18.5. The number of aromatic carboxylic acids is 1. The largest absolute Gasteiger partial charge is 0.490 e. The number of nitrogens with one attached hydrogen (secondary N) is 1. The Morgan fingerprint density at radius 2 is 1.78 bits per heavy atom. The van der Waals surface area contributed by atoms with Gasteiger partial charge in [-0.2, -0.15) is 0 Å². The second-order valence-corrected chi connectivity index (χ2v) is 8.15. The molecule has 0 spiro atoms. The van der Waals surface area contributed by atoms with E-state index < -0.39 is 5.97 Å². The Bertz CT molecular complexity index is 1080. The van der Waals surface area contributed by atoms with Gasteiger partial charge < -0.3 is 20.1 Å². The number of nitrogens with zero attached hydrogens (tertiary/aromatic N) is 2. The molecular weight excluding hydrogens is 402 g/mol. The van der Waals surface area contributed by atoms with Gasteiger partial charge in [0.25, 0.3) is 0 Å². The molecule has 6 heteroatoms. The minimum atomic E-state index is -0.947. The van der Waals surface area contributed by atoms with Gasteiger partial charge in [0.05, 0.1) is 23.6 Å². The maximum Gasteiger partial charge on any atom is 0.337 e. The maximum atomic E-state index is 10.5. The summed E-state index contributed by atoms with van der Waals surface area (Å²) < 4.78 is 5.81. The van der Waals surface area contributed by atoms with Crippen LogP contribution in [0, 0.1) is 0 Å². The van der Waals surface area contributed by atoms with Gasteiger partial charge in [0.1, 0.15) is 5.75 Å². The molecule has 1 saturated carbocycles. The number of anilines is 3. The minimum Gasteiger partial charge on any atom is -0.490 e. The summed E-state index contributed by atoms with van der Waals surface area (Å²) in [7, 11) is 3.79. The first kappa shape index (κ1) is 21.7. The molecule has 0 unspecified atom stereocenters. The minimum absolute atomic E-state index is 0.238. The molecule has 2 aliphatic carbocycles. The molecule has 3 aromatic rings. The molecule has 0 bridgehead atoms. The summed E-state index contributed by atoms with van der Waals surface area (Å²) in [6.07, 6.45) is 9.57. The summed E-state index contributed by atoms with van der Waals surface area (Å²) >= 11 is 0. The highest BCUT2D eigenvalue weighted by molar-refractivity contribution is 5.93. The van der Waals surface area contributed by atoms with Gasteiger partial charge in [-0.1, -0.05) is 6.07 Å². The molecule has 1 fully saturated rings. The van der Waals surface area contributed by atoms with Gasteiger partial charge in [0.2, 0.25) is 0 Å². The fourth-order valence-corrected chi connectivity index (χ4v) is 3.82. The smallest absolute Gasteiger partial charge is 0.337 e. The molecular formula is C26H29N3O3. The third kappa shape index (κ3) is 5.19. The van der Waals surface area contributed by atoms with Crippen LogP contribution in [0.15, 0.2) is 60.9 Å². The molecule has 2 N–H and O–H groups in total. The van der Waals surface area contributed by atoms with Crippen LogP contribution in [-0.2, 0) is 12.8 Å². The lowest BCUT2D eigenvalue weighted by atomic mass is 10.1. The van der Waals surface area contributed by atoms with Gasteiger partial charge in [-0.15, -0.1) is 0 Å². The van der Waals surface area contributed by atoms with E-state index in [0.29, 0.717) is 11.8 Å². The third-order valence-corrected chi connectivity index (χ3v) is 5.84. The molecule has 0 aliphatic heterocycles. The molecule has 166 valence electrons. The number of carboxylic acids is 1. The number of hydrogen-bond acceptors (Lipinski definition) is 5. The summed E-state index contributed by atoms with van der Waals surface area (Å²) in [4.78, 5) is 16.5. The number of benzene rings is 2. The highest BCUT2D eigenvalue weighted by Crippen LogP contribution is 2.32. The van der Waals surface area contributed by atoms with Gasteiger partial charge in [0.15, 0.2) is 0 Å². The number of fused-ring (bicyclic) bond motifs is 1. The van der Waals surface area contributed by atoms with Crippen molar-refractivity contribution in [2.24, 2.45) is 0 Å². The average Bonchev–Trinajstić information content (AvgIpc) is 3.51. The number of carboxylic acid groups (broad SMARTS) is 1. The number of hydrogen-bond donors (Lipinski definition) is 2. The Morgan fingerprint density at radius 3 is 2.44 bits per heavy atom. The van der Waals surface area contributed by atoms with Crippen LogP contribution < -0.4 is 15.0 Å². The predicted octanol–water partition coefficient (Wildman–Crippen LogP) is 5.31. The van der Waals surface area contributed by atoms with Crippen LogP contribution in [0.5, 0.6) is 5.75 Å². The number of ether oxygens (including phenoxy) is 1. The fraction of sp³-hybridized carbons (Fsp3) is 0.308. The van der Waals surface area contributed by atoms with E-state index in [-0.39, 0.29) is 5.56 Å². The number of rotatable bonds is 6. The Balaban J connectivity index is 0.000000189. The second-order valence-electron chi connectivity index (χ2n) is 8.15. The molecule has 1 aromatic heterocycles. The van der Waals surface area contributed by atoms with Crippen LogP contribution in [0.4, 0.5) is 17.1 Å². The van der Waals surface area contributed by atoms with Gasteiger partial charge in [-0.3, -0.25) is 4.98 Å². The summed E-state index contributed by atoms with van der Waals surface area (Å²) in [5, 5.41) is 11.4. The maximum absolute atomic E-state index is 10.5. The van der Waals surface area contributed by atoms with Crippen molar-refractivity contribution in [1.82, 2.24) is 4.98 Å². The zero-order chi connectivity index (χ0) is 22.5. The summed E-state index contributed by atoms with van der Waals surface area (Å²) in [6, 6.07) is 16.8. The van der Waals surface area contributed by atoms with E-state index in [9.17, 15) is 4.79 Å². The van der Waals surface area contributed by atoms with Crippen LogP contribution in [0.2, 0.25) is 0 Å². The van der Waals surface area contributed by atoms with Crippen molar-refractivity contribution < 1.29 is 14.6 Å². The zero-order valence-electron chi connectivity index (χ0n) is 18.5. The lowest BCUT2D eigenvalue weighted by Gasteiger charge is -2.21. The second kappa shape index (κ2) is 9.73. The lowest BCUT2D eigenvalue weighted by Crippen LogP contribution is -2.09. The SMILES string of the molecule is CN(c1ccc(OC2CC2)cc1)c1ccc2c(c1)CCC2.CNc1cnccc1C(=O)O. The summed E-state index contributed by atoms with van der Waals surface area (Å²) in [6.45, 7) is 0. The Hall–Kier alpha value is -3.54. The number of carbonyl (C=O) groups is 1. The van der Waals surface area contributed by atoms with Crippen molar-refractivity contribution in [1.29, 1.82) is 0 Å². The van der Waals surface area contributed by atoms with Crippen LogP contribution in [0.1, 0.15) is 40.7 Å². The highest BCUT2D eigenvalue weighted by atomic mass is 16.5. The predicted molar refractivity (Wildman–Crippen MR) is 127 cm³/mol. The number of aryl methyl sites for hydroxylation is 2. The van der Waals surface area contributed by atoms with Gasteiger partial charge in [-0.25, -0.2) is 4.79 Å². The van der Waals surface area contributed by atoms with Crippen LogP contribution in [0.3, 0.4) is 0 Å². The summed E-state index contributed by atoms with van der Waals surface area (Å²) in [5.74, 6) is 0.0420. The fourth-order valence-electron chi connectivity index (χ4n) is 3.82. The van der Waals surface area contributed by atoms with Crippen molar-refractivity contribution in [3.05, 3.63) is 77.6 Å². The van der Waals surface area contributed by atoms with E-state index >= 15 is 0 Å². The topological polar surface area (TPSA) is 74.7 Å². The molecule has 0 radical (unpaired) electrons. The van der Waals surface area contributed by atoms with Gasteiger partial charge in [0, 0.05) is 31.7 Å². The average molecular weight is 432 g/mol. The molecule has 0 amide bonds. The molecule has 0 atom stereocenters. The van der Waals surface area contributed by atoms with Crippen LogP contribution in [-0.4, -0.2) is 36.3 Å². The molecule has 0 saturated heterocycles. The molecule has 6 nitrogen and oxygen atoms in total. The summed E-state index contributed by atoms with van der Waals surface area (Å²) in [5.41, 5.74) is 6.29. The molecule has 2 aliphatic rings. The van der Waals surface area contributed by atoms with Crippen LogP contribution in [0.25, 0.3) is 0 Å². The highest BCUT2D eigenvalue weighted by Gasteiger charge is 2.23. The van der Waals surface area contributed by atoms with E-state index in [1.54, 1.807) is 7.05 Å². The first-order chi connectivity index (χ1) is 15.5. The Labute approximate surface area is 188 Å². The van der Waals surface area contributed by atoms with Crippen LogP contribution >= 0.6 is 0 Å². The normalized spacial score (nSPS) is 14.1. The Kier molecular flexibility index (Phi) is 6.59. The number of aromatic nitrogens is 1. The molecule has 1 heterocycles. The monoisotopic (exact) mass is 431 g/mol. The van der Waals surface area contributed by atoms with Crippen molar-refractivity contribution in [2.45, 2.75) is 38.2 Å². The molecule has 32 heavy (non-hydrogen) atoms. The van der Waals surface area contributed by atoms with Crippen molar-refractivity contribution >= 4 is 23.0 Å². The number of pyridine rings is 1. The van der Waals surface area contributed by atoms with Crippen molar-refractivity contribution in [2.75, 3.05) is 24.3 Å². The first-order valence-electron chi connectivity index (χ1n) is 11.0. The standard InChI is InChI=1S/C19H21NO.C7H8N2O2/c1-20(17-6-5-14-3-2-4-15(14)13-17)16-7-9-18(10-8-16)21-19-11-12-19;1-8-6-4-9-3-2-5(6)7(10)11/h5-10,13,19H,2-4,11-12H2,1H3;2-4,8H,1H3,(H,10,11). The molecule has 2 aromatic carbocycles. The van der Waals surface area contributed by atoms with E-state index in [1.165, 1.54) is 73.1 Å². The quantitative estimate of drug-likeness (QED) is 0.551. The van der Waals surface area contributed by atoms with E-state index in [0.717, 1.165) is 5.75 Å². The first-order valence-corrected chi connectivity index (χ1v) is 11.0. The van der Waals surface area contributed by atoms with Gasteiger partial charge >= 0.3 is 5.97 Å². The van der Waals surface area contributed by atoms with Crippen molar-refractivity contribution in [3.63, 3.8) is 0 Å². The lowest BCUT2D eigenvalue weighted by molar-refractivity contribution is 0.0698. The van der Waals surface area contributed by atoms with Gasteiger partial charge in [-0.05, 0) is 85.7 Å². The molecule has 5 rings (SSSR count). The third-order valence-electron chi connectivity index (χ3n) is 5.84.